The second kappa shape index (κ2) is 10.3. The van der Waals surface area contributed by atoms with Crippen molar-refractivity contribution < 1.29 is 9.13 Å². The van der Waals surface area contributed by atoms with E-state index in [1.54, 1.807) is 0 Å². The van der Waals surface area contributed by atoms with E-state index in [1.807, 2.05) is 0 Å². The molecule has 1 atom stereocenters. The van der Waals surface area contributed by atoms with E-state index < -0.39 is 0 Å². The molecule has 0 fully saturated rings. The second-order valence-electron chi connectivity index (χ2n) is 15.1. The maximum Gasteiger partial charge on any atom is 0.222 e. The van der Waals surface area contributed by atoms with Crippen LogP contribution >= 0.6 is 0 Å². The van der Waals surface area contributed by atoms with E-state index >= 15 is 0 Å². The number of aryl methyl sites for hydroxylation is 1. The fourth-order valence-electron chi connectivity index (χ4n) is 9.60. The van der Waals surface area contributed by atoms with Crippen LogP contribution in [-0.4, -0.2) is 14.1 Å². The highest BCUT2D eigenvalue weighted by Crippen LogP contribution is 2.55. The standard InChI is InChI=1S/C43H49N3/c1-8-11-15-29-24-30-21-23-46-40-38(30)36(25-29)41(4,5)34-16-14-17-35(39(34)40)43(28-42(46,9-2)10-3)27-31-19-20-32(44(6)7)26-33(31)37-18-12-13-22-45(37)43/h12-14,16-26H,8-11,15,27-28H2,1-7H3/q+2. The molecule has 8 rings (SSSR count). The number of anilines is 1. The first-order valence-corrected chi connectivity index (χ1v) is 17.7. The summed E-state index contributed by atoms with van der Waals surface area (Å²) in [5.41, 5.74) is 13.9. The third kappa shape index (κ3) is 3.84. The monoisotopic (exact) mass is 607 g/mol. The number of hydrogen-bond acceptors (Lipinski definition) is 1. The fraction of sp³-hybridized carbons (Fsp3) is 0.395. The van der Waals surface area contributed by atoms with Crippen LogP contribution in [0.2, 0.25) is 0 Å². The molecular weight excluding hydrogens is 558 g/mol. The van der Waals surface area contributed by atoms with Crippen molar-refractivity contribution in [3.8, 4) is 22.5 Å². The van der Waals surface area contributed by atoms with Gasteiger partial charge in [0.2, 0.25) is 16.9 Å². The normalized spacial score (nSPS) is 19.5. The maximum absolute atomic E-state index is 2.75. The van der Waals surface area contributed by atoms with Gasteiger partial charge in [-0.2, -0.15) is 9.13 Å². The van der Waals surface area contributed by atoms with Crippen molar-refractivity contribution in [1.82, 2.24) is 0 Å². The summed E-state index contributed by atoms with van der Waals surface area (Å²) in [7, 11) is 4.29. The van der Waals surface area contributed by atoms with Crippen molar-refractivity contribution in [3.05, 3.63) is 113 Å². The number of hydrogen-bond donors (Lipinski definition) is 0. The number of nitrogens with zero attached hydrogens (tertiary/aromatic N) is 3. The van der Waals surface area contributed by atoms with Gasteiger partial charge in [0.25, 0.3) is 0 Å². The summed E-state index contributed by atoms with van der Waals surface area (Å²) in [5.74, 6) is 0. The molecule has 0 bridgehead atoms. The Kier molecular flexibility index (Phi) is 6.56. The molecule has 1 spiro atoms. The maximum atomic E-state index is 2.75. The van der Waals surface area contributed by atoms with Crippen LogP contribution in [0.5, 0.6) is 0 Å². The average molecular weight is 608 g/mol. The molecule has 0 N–H and O–H groups in total. The lowest BCUT2D eigenvalue weighted by atomic mass is 9.65. The quantitative estimate of drug-likeness (QED) is 0.175. The highest BCUT2D eigenvalue weighted by atomic mass is 15.1. The molecule has 234 valence electrons. The zero-order valence-electron chi connectivity index (χ0n) is 28.9. The average Bonchev–Trinajstić information content (AvgIpc) is 3.18. The summed E-state index contributed by atoms with van der Waals surface area (Å²) in [6.45, 7) is 12.1. The molecule has 1 unspecified atom stereocenters. The summed E-state index contributed by atoms with van der Waals surface area (Å²) in [6.07, 6.45) is 12.6. The third-order valence-electron chi connectivity index (χ3n) is 12.2. The van der Waals surface area contributed by atoms with E-state index in [9.17, 15) is 0 Å². The fourth-order valence-corrected chi connectivity index (χ4v) is 9.60. The Morgan fingerprint density at radius 1 is 0.783 bits per heavy atom. The van der Waals surface area contributed by atoms with Crippen LogP contribution in [0.3, 0.4) is 0 Å². The Balaban J connectivity index is 1.51. The van der Waals surface area contributed by atoms with Crippen molar-refractivity contribution in [2.24, 2.45) is 0 Å². The van der Waals surface area contributed by atoms with Crippen molar-refractivity contribution in [2.45, 2.75) is 96.1 Å². The van der Waals surface area contributed by atoms with Crippen molar-refractivity contribution in [3.63, 3.8) is 0 Å². The summed E-state index contributed by atoms with van der Waals surface area (Å²) >= 11 is 0. The van der Waals surface area contributed by atoms with Crippen molar-refractivity contribution in [2.75, 3.05) is 19.0 Å². The molecule has 3 heteroatoms. The van der Waals surface area contributed by atoms with Crippen LogP contribution in [0, 0.1) is 0 Å². The van der Waals surface area contributed by atoms with E-state index in [0.29, 0.717) is 0 Å². The molecular formula is C43H49N3+2. The zero-order chi connectivity index (χ0) is 32.0. The molecule has 0 saturated carbocycles. The summed E-state index contributed by atoms with van der Waals surface area (Å²) in [6, 6.07) is 28.8. The lowest BCUT2D eigenvalue weighted by molar-refractivity contribution is -0.788. The molecule has 5 aromatic rings. The van der Waals surface area contributed by atoms with Crippen molar-refractivity contribution in [1.29, 1.82) is 0 Å². The molecule has 0 saturated heterocycles. The molecule has 3 aliphatic rings. The number of rotatable bonds is 6. The van der Waals surface area contributed by atoms with Gasteiger partial charge in [-0.05, 0) is 58.7 Å². The molecule has 2 aliphatic heterocycles. The number of benzene rings is 3. The topological polar surface area (TPSA) is 11.0 Å². The minimum atomic E-state index is -0.229. The number of pyridine rings is 2. The molecule has 4 heterocycles. The first kappa shape index (κ1) is 29.4. The van der Waals surface area contributed by atoms with Gasteiger partial charge in [0, 0.05) is 68.2 Å². The summed E-state index contributed by atoms with van der Waals surface area (Å²) in [4.78, 5) is 2.22. The van der Waals surface area contributed by atoms with E-state index in [0.717, 1.165) is 32.1 Å². The van der Waals surface area contributed by atoms with Gasteiger partial charge in [0.15, 0.2) is 17.9 Å². The zero-order valence-corrected chi connectivity index (χ0v) is 28.9. The van der Waals surface area contributed by atoms with Crippen LogP contribution in [0.15, 0.2) is 85.2 Å². The molecule has 3 nitrogen and oxygen atoms in total. The van der Waals surface area contributed by atoms with Gasteiger partial charge < -0.3 is 4.90 Å². The minimum absolute atomic E-state index is 0.0410. The van der Waals surface area contributed by atoms with E-state index in [1.165, 1.54) is 79.6 Å². The largest absolute Gasteiger partial charge is 0.378 e. The summed E-state index contributed by atoms with van der Waals surface area (Å²) < 4.78 is 5.44. The van der Waals surface area contributed by atoms with Gasteiger partial charge in [-0.1, -0.05) is 77.4 Å². The van der Waals surface area contributed by atoms with Crippen LogP contribution in [0.4, 0.5) is 5.69 Å². The summed E-state index contributed by atoms with van der Waals surface area (Å²) in [5, 5.41) is 2.87. The number of unbranched alkanes of at least 4 members (excludes halogenated alkanes) is 1. The Hall–Kier alpha value is -3.98. The molecule has 1 aliphatic carbocycles. The molecule has 3 aromatic carbocycles. The Bertz CT molecular complexity index is 2030. The van der Waals surface area contributed by atoms with Crippen LogP contribution in [0.1, 0.15) is 94.5 Å². The minimum Gasteiger partial charge on any atom is -0.378 e. The van der Waals surface area contributed by atoms with E-state index in [-0.39, 0.29) is 16.5 Å². The Morgan fingerprint density at radius 2 is 1.59 bits per heavy atom. The predicted octanol–water partition coefficient (Wildman–Crippen LogP) is 9.02. The molecule has 46 heavy (non-hydrogen) atoms. The molecule has 2 aromatic heterocycles. The van der Waals surface area contributed by atoms with Crippen LogP contribution in [-0.2, 0) is 29.3 Å². The SMILES string of the molecule is CCCCc1cc2c3c4[n+](ccc3c1)C(CC)(CC)CC1(Cc3ccc(N(C)C)cc3-c3cccc[n+]31)c1cccc(c1-4)C2(C)C. The first-order chi connectivity index (χ1) is 22.2. The molecule has 0 amide bonds. The predicted molar refractivity (Wildman–Crippen MR) is 191 cm³/mol. The number of aromatic nitrogens is 2. The van der Waals surface area contributed by atoms with Gasteiger partial charge in [-0.25, -0.2) is 0 Å². The lowest BCUT2D eigenvalue weighted by Crippen LogP contribution is -2.66. The van der Waals surface area contributed by atoms with E-state index in [2.05, 4.69) is 148 Å². The smallest absolute Gasteiger partial charge is 0.222 e. The number of fused-ring (bicyclic) bond motifs is 5. The van der Waals surface area contributed by atoms with Gasteiger partial charge in [-0.3, -0.25) is 0 Å². The van der Waals surface area contributed by atoms with Gasteiger partial charge in [0.1, 0.15) is 0 Å². The first-order valence-electron chi connectivity index (χ1n) is 17.7. The Morgan fingerprint density at radius 3 is 2.35 bits per heavy atom. The molecule has 0 radical (unpaired) electrons. The van der Waals surface area contributed by atoms with Gasteiger partial charge >= 0.3 is 0 Å². The second-order valence-corrected chi connectivity index (χ2v) is 15.1. The van der Waals surface area contributed by atoms with Crippen molar-refractivity contribution >= 4 is 16.5 Å². The highest BCUT2D eigenvalue weighted by molar-refractivity contribution is 6.01. The van der Waals surface area contributed by atoms with Crippen LogP contribution < -0.4 is 14.0 Å². The Labute approximate surface area is 275 Å². The van der Waals surface area contributed by atoms with Crippen LogP contribution in [0.25, 0.3) is 33.3 Å². The highest BCUT2D eigenvalue weighted by Gasteiger charge is 2.61. The van der Waals surface area contributed by atoms with E-state index in [4.69, 9.17) is 0 Å². The lowest BCUT2D eigenvalue weighted by Gasteiger charge is -2.39. The van der Waals surface area contributed by atoms with Gasteiger partial charge in [-0.15, -0.1) is 0 Å². The third-order valence-corrected chi connectivity index (χ3v) is 12.2. The van der Waals surface area contributed by atoms with Gasteiger partial charge in [0.05, 0.1) is 22.9 Å².